The van der Waals surface area contributed by atoms with Crippen molar-refractivity contribution in [2.45, 2.75) is 25.1 Å². The van der Waals surface area contributed by atoms with Gasteiger partial charge in [0.1, 0.15) is 23.8 Å². The van der Waals surface area contributed by atoms with E-state index in [1.54, 1.807) is 12.5 Å². The molecule has 3 heterocycles. The third-order valence-corrected chi connectivity index (χ3v) is 5.15. The van der Waals surface area contributed by atoms with Gasteiger partial charge in [0.25, 0.3) is 0 Å². The van der Waals surface area contributed by atoms with Crippen molar-refractivity contribution in [2.24, 2.45) is 0 Å². The second kappa shape index (κ2) is 8.59. The number of aromatic nitrogens is 4. The van der Waals surface area contributed by atoms with E-state index >= 15 is 0 Å². The van der Waals surface area contributed by atoms with Gasteiger partial charge in [-0.15, -0.1) is 0 Å². The zero-order valence-corrected chi connectivity index (χ0v) is 16.8. The van der Waals surface area contributed by atoms with Crippen molar-refractivity contribution < 1.29 is 5.11 Å². The maximum atomic E-state index is 10.2. The van der Waals surface area contributed by atoms with Crippen LogP contribution in [0.4, 0.5) is 11.6 Å². The van der Waals surface area contributed by atoms with E-state index in [1.165, 1.54) is 0 Å². The summed E-state index contributed by atoms with van der Waals surface area (Å²) in [6, 6.07) is 10.4. The molecule has 1 fully saturated rings. The molecular weight excluding hydrogens is 366 g/mol. The standard InChI is InChI=1S/C21H27N7O/c1-27(2)12-16-9-17(29)13-28(16)20-10-19(25-14-26-20)24-11-15-5-3-4-6-18(15)21-22-7-8-23-21/h3-8,10,14,16-17,29H,9,11-13H2,1-2H3,(H,22,23)(H,24,25,26)/t16-,17-/m1/s1. The minimum absolute atomic E-state index is 0.238. The van der Waals surface area contributed by atoms with E-state index < -0.39 is 0 Å². The van der Waals surface area contributed by atoms with Crippen molar-refractivity contribution in [1.29, 1.82) is 0 Å². The molecule has 0 radical (unpaired) electrons. The van der Waals surface area contributed by atoms with E-state index in [4.69, 9.17) is 0 Å². The summed E-state index contributed by atoms with van der Waals surface area (Å²) in [6.07, 6.45) is 5.58. The molecule has 0 bridgehead atoms. The fourth-order valence-electron chi connectivity index (χ4n) is 3.87. The molecule has 0 unspecified atom stereocenters. The predicted octanol–water partition coefficient (Wildman–Crippen LogP) is 1.98. The molecule has 8 heteroatoms. The Balaban J connectivity index is 1.49. The van der Waals surface area contributed by atoms with Crippen LogP contribution in [0.2, 0.25) is 0 Å². The van der Waals surface area contributed by atoms with Gasteiger partial charge < -0.3 is 25.2 Å². The van der Waals surface area contributed by atoms with Crippen molar-refractivity contribution in [2.75, 3.05) is 37.4 Å². The maximum Gasteiger partial charge on any atom is 0.137 e. The van der Waals surface area contributed by atoms with Crippen molar-refractivity contribution in [3.63, 3.8) is 0 Å². The fourth-order valence-corrected chi connectivity index (χ4v) is 3.87. The maximum absolute atomic E-state index is 10.2. The van der Waals surface area contributed by atoms with E-state index in [-0.39, 0.29) is 12.1 Å². The summed E-state index contributed by atoms with van der Waals surface area (Å²) in [4.78, 5) is 20.7. The summed E-state index contributed by atoms with van der Waals surface area (Å²) in [6.45, 7) is 2.09. The minimum Gasteiger partial charge on any atom is -0.391 e. The Labute approximate surface area is 170 Å². The predicted molar refractivity (Wildman–Crippen MR) is 114 cm³/mol. The van der Waals surface area contributed by atoms with Crippen LogP contribution in [0.1, 0.15) is 12.0 Å². The molecule has 1 aliphatic heterocycles. The van der Waals surface area contributed by atoms with Crippen LogP contribution < -0.4 is 10.2 Å². The first-order valence-corrected chi connectivity index (χ1v) is 9.83. The van der Waals surface area contributed by atoms with Gasteiger partial charge in [0.05, 0.1) is 6.10 Å². The summed E-state index contributed by atoms with van der Waals surface area (Å²) >= 11 is 0. The van der Waals surface area contributed by atoms with Gasteiger partial charge in [-0.25, -0.2) is 15.0 Å². The molecule has 1 aromatic carbocycles. The van der Waals surface area contributed by atoms with Gasteiger partial charge in [-0.05, 0) is 26.1 Å². The van der Waals surface area contributed by atoms with Gasteiger partial charge in [-0.2, -0.15) is 0 Å². The Hall–Kier alpha value is -2.97. The normalized spacial score (nSPS) is 19.1. The van der Waals surface area contributed by atoms with E-state index in [0.29, 0.717) is 13.1 Å². The first kappa shape index (κ1) is 19.4. The largest absolute Gasteiger partial charge is 0.391 e. The number of hydrogen-bond acceptors (Lipinski definition) is 7. The molecule has 3 N–H and O–H groups in total. The second-order valence-electron chi connectivity index (χ2n) is 7.67. The molecule has 1 saturated heterocycles. The van der Waals surface area contributed by atoms with Crippen LogP contribution in [0.15, 0.2) is 49.1 Å². The number of β-amino-alcohol motifs (C(OH)–C–C–N with tert-alkyl or cyclic N) is 1. The number of anilines is 2. The van der Waals surface area contributed by atoms with Crippen molar-refractivity contribution in [3.8, 4) is 11.4 Å². The molecule has 3 aromatic rings. The molecule has 0 spiro atoms. The number of aromatic amines is 1. The SMILES string of the molecule is CN(C)C[C@H]1C[C@@H](O)CN1c1cc(NCc2ccccc2-c2ncc[nH]2)ncn1. The molecule has 0 amide bonds. The molecule has 0 saturated carbocycles. The summed E-state index contributed by atoms with van der Waals surface area (Å²) in [5, 5.41) is 13.6. The van der Waals surface area contributed by atoms with E-state index in [1.807, 2.05) is 38.5 Å². The van der Waals surface area contributed by atoms with Crippen molar-refractivity contribution in [1.82, 2.24) is 24.8 Å². The Kier molecular flexibility index (Phi) is 5.73. The smallest absolute Gasteiger partial charge is 0.137 e. The molecule has 1 aliphatic rings. The van der Waals surface area contributed by atoms with Crippen molar-refractivity contribution in [3.05, 3.63) is 54.6 Å². The number of hydrogen-bond donors (Lipinski definition) is 3. The molecule has 29 heavy (non-hydrogen) atoms. The average Bonchev–Trinajstić information content (AvgIpc) is 3.36. The van der Waals surface area contributed by atoms with E-state index in [0.717, 1.165) is 41.6 Å². The van der Waals surface area contributed by atoms with Gasteiger partial charge in [0, 0.05) is 49.7 Å². The third kappa shape index (κ3) is 4.55. The molecule has 152 valence electrons. The zero-order chi connectivity index (χ0) is 20.2. The lowest BCUT2D eigenvalue weighted by molar-refractivity contribution is 0.191. The summed E-state index contributed by atoms with van der Waals surface area (Å²) in [5.41, 5.74) is 2.19. The van der Waals surface area contributed by atoms with Gasteiger partial charge in [-0.1, -0.05) is 24.3 Å². The van der Waals surface area contributed by atoms with Crippen molar-refractivity contribution >= 4 is 11.6 Å². The third-order valence-electron chi connectivity index (χ3n) is 5.15. The highest BCUT2D eigenvalue weighted by Gasteiger charge is 2.32. The topological polar surface area (TPSA) is 93.2 Å². The van der Waals surface area contributed by atoms with Crippen LogP contribution in [0.5, 0.6) is 0 Å². The molecule has 8 nitrogen and oxygen atoms in total. The Morgan fingerprint density at radius 1 is 1.24 bits per heavy atom. The van der Waals surface area contributed by atoms with E-state index in [9.17, 15) is 5.11 Å². The average molecular weight is 393 g/mol. The fraction of sp³-hybridized carbons (Fsp3) is 0.381. The number of H-pyrrole nitrogens is 1. The highest BCUT2D eigenvalue weighted by Crippen LogP contribution is 2.26. The van der Waals surface area contributed by atoms with Crippen LogP contribution >= 0.6 is 0 Å². The number of benzene rings is 1. The number of nitrogens with one attached hydrogen (secondary N) is 2. The van der Waals surface area contributed by atoms with Gasteiger partial charge in [0.15, 0.2) is 0 Å². The number of aliphatic hydroxyl groups is 1. The number of likely N-dealkylation sites (N-methyl/N-ethyl adjacent to an activating group) is 1. The Bertz CT molecular complexity index is 928. The first-order chi connectivity index (χ1) is 14.1. The minimum atomic E-state index is -0.327. The van der Waals surface area contributed by atoms with Gasteiger partial charge in [0.2, 0.25) is 0 Å². The number of nitrogens with zero attached hydrogens (tertiary/aromatic N) is 5. The molecular formula is C21H27N7O. The van der Waals surface area contributed by atoms with Crippen LogP contribution in [0.25, 0.3) is 11.4 Å². The van der Waals surface area contributed by atoms with Crippen LogP contribution in [0, 0.1) is 0 Å². The molecule has 2 aromatic heterocycles. The highest BCUT2D eigenvalue weighted by atomic mass is 16.3. The lowest BCUT2D eigenvalue weighted by atomic mass is 10.1. The second-order valence-corrected chi connectivity index (χ2v) is 7.67. The zero-order valence-electron chi connectivity index (χ0n) is 16.8. The summed E-state index contributed by atoms with van der Waals surface area (Å²) in [5.74, 6) is 2.45. The molecule has 2 atom stereocenters. The number of imidazole rings is 1. The highest BCUT2D eigenvalue weighted by molar-refractivity contribution is 5.61. The quantitative estimate of drug-likeness (QED) is 0.565. The Morgan fingerprint density at radius 3 is 2.90 bits per heavy atom. The van der Waals surface area contributed by atoms with Gasteiger partial charge >= 0.3 is 0 Å². The lowest BCUT2D eigenvalue weighted by Crippen LogP contribution is -2.38. The van der Waals surface area contributed by atoms with Crippen LogP contribution in [-0.4, -0.2) is 69.3 Å². The van der Waals surface area contributed by atoms with Crippen LogP contribution in [-0.2, 0) is 6.54 Å². The van der Waals surface area contributed by atoms with E-state index in [2.05, 4.69) is 47.2 Å². The Morgan fingerprint density at radius 2 is 2.10 bits per heavy atom. The number of rotatable bonds is 7. The van der Waals surface area contributed by atoms with Crippen LogP contribution in [0.3, 0.4) is 0 Å². The molecule has 0 aliphatic carbocycles. The number of aliphatic hydroxyl groups excluding tert-OH is 1. The molecule has 4 rings (SSSR count). The first-order valence-electron chi connectivity index (χ1n) is 9.83. The summed E-state index contributed by atoms with van der Waals surface area (Å²) in [7, 11) is 4.10. The lowest BCUT2D eigenvalue weighted by Gasteiger charge is -2.27. The monoisotopic (exact) mass is 393 g/mol. The van der Waals surface area contributed by atoms with Gasteiger partial charge in [-0.3, -0.25) is 0 Å². The summed E-state index contributed by atoms with van der Waals surface area (Å²) < 4.78 is 0.